The molecule has 2 heteroatoms. The van der Waals surface area contributed by atoms with E-state index in [2.05, 4.69) is 20.3 Å². The van der Waals surface area contributed by atoms with Crippen LogP contribution in [0.25, 0.3) is 0 Å². The summed E-state index contributed by atoms with van der Waals surface area (Å²) in [6, 6.07) is 0. The first-order valence-corrected chi connectivity index (χ1v) is 11.4. The van der Waals surface area contributed by atoms with E-state index in [0.29, 0.717) is 6.61 Å². The third kappa shape index (κ3) is 13.1. The van der Waals surface area contributed by atoms with E-state index < -0.39 is 0 Å². The van der Waals surface area contributed by atoms with E-state index >= 15 is 0 Å². The summed E-state index contributed by atoms with van der Waals surface area (Å²) in [6.45, 7) is 7.46. The van der Waals surface area contributed by atoms with Crippen LogP contribution < -0.4 is 0 Å². The number of ether oxygens (including phenoxy) is 2. The lowest BCUT2D eigenvalue weighted by molar-refractivity contribution is -0.128. The van der Waals surface area contributed by atoms with Gasteiger partial charge in [-0.2, -0.15) is 0 Å². The molecule has 4 radical (unpaired) electrons. The van der Waals surface area contributed by atoms with Crippen molar-refractivity contribution in [1.82, 2.24) is 0 Å². The van der Waals surface area contributed by atoms with Crippen LogP contribution in [0.3, 0.4) is 0 Å². The standard InChI is InChI=1S/C24H44O2/c1-3-5-7-8-9-10-11-12-13-14-15-16-17-18-20-24-23(19-6-4-2)25-21-22-26-24/h4,6,19,23-24H,2-3,5,7-18,20-22H2,1H3/t23-,24-/m1/s1. The van der Waals surface area contributed by atoms with Gasteiger partial charge in [0.25, 0.3) is 0 Å². The van der Waals surface area contributed by atoms with E-state index in [0.717, 1.165) is 13.0 Å². The van der Waals surface area contributed by atoms with Crippen molar-refractivity contribution in [3.8, 4) is 0 Å². The zero-order valence-corrected chi connectivity index (χ0v) is 17.4. The topological polar surface area (TPSA) is 18.5 Å². The van der Waals surface area contributed by atoms with Crippen LogP contribution in [0.15, 0.2) is 0 Å². The van der Waals surface area contributed by atoms with Crippen LogP contribution in [-0.2, 0) is 9.47 Å². The minimum atomic E-state index is 0.115. The minimum absolute atomic E-state index is 0.115. The monoisotopic (exact) mass is 364 g/mol. The normalized spacial score (nSPS) is 20.5. The molecule has 0 unspecified atom stereocenters. The molecule has 0 N–H and O–H groups in total. The van der Waals surface area contributed by atoms with E-state index in [1.807, 2.05) is 12.8 Å². The largest absolute Gasteiger partial charge is 0.373 e. The van der Waals surface area contributed by atoms with Crippen molar-refractivity contribution in [2.75, 3.05) is 13.2 Å². The first kappa shape index (κ1) is 24.0. The van der Waals surface area contributed by atoms with Gasteiger partial charge in [0.05, 0.1) is 25.4 Å². The summed E-state index contributed by atoms with van der Waals surface area (Å²) in [5.74, 6) is 0. The second-order valence-corrected chi connectivity index (χ2v) is 7.75. The fourth-order valence-electron chi connectivity index (χ4n) is 3.74. The third-order valence-corrected chi connectivity index (χ3v) is 5.37. The molecule has 0 aromatic rings. The van der Waals surface area contributed by atoms with Gasteiger partial charge in [-0.25, -0.2) is 0 Å². The molecule has 0 aromatic heterocycles. The lowest BCUT2D eigenvalue weighted by Gasteiger charge is -2.31. The van der Waals surface area contributed by atoms with Crippen molar-refractivity contribution >= 4 is 0 Å². The Hall–Kier alpha value is -0.0800. The van der Waals surface area contributed by atoms with Crippen LogP contribution in [0.2, 0.25) is 0 Å². The molecular formula is C24H44O2. The molecule has 0 spiro atoms. The Labute approximate surface area is 164 Å². The summed E-state index contributed by atoms with van der Waals surface area (Å²) in [4.78, 5) is 0. The molecule has 1 aliphatic heterocycles. The summed E-state index contributed by atoms with van der Waals surface area (Å²) >= 11 is 0. The Morgan fingerprint density at radius 2 is 1.23 bits per heavy atom. The molecule has 0 aromatic carbocycles. The third-order valence-electron chi connectivity index (χ3n) is 5.37. The maximum atomic E-state index is 5.89. The average molecular weight is 365 g/mol. The number of rotatable bonds is 18. The Balaban J connectivity index is 1.84. The van der Waals surface area contributed by atoms with Crippen molar-refractivity contribution in [2.24, 2.45) is 0 Å². The fourth-order valence-corrected chi connectivity index (χ4v) is 3.74. The molecule has 0 amide bonds. The van der Waals surface area contributed by atoms with E-state index in [1.165, 1.54) is 89.9 Å². The Bertz CT molecular complexity index is 279. The van der Waals surface area contributed by atoms with Crippen LogP contribution in [-0.4, -0.2) is 25.4 Å². The number of unbranched alkanes of at least 4 members (excludes halogenated alkanes) is 14. The van der Waals surface area contributed by atoms with Gasteiger partial charge in [-0.05, 0) is 32.6 Å². The van der Waals surface area contributed by atoms with E-state index in [-0.39, 0.29) is 12.2 Å². The minimum Gasteiger partial charge on any atom is -0.373 e. The SMILES string of the molecule is [CH2][CH][CH][CH][C@H]1OCCO[C@@H]1CCCCCCCCCCCCCCCC. The maximum absolute atomic E-state index is 5.89. The van der Waals surface area contributed by atoms with Gasteiger partial charge in [-0.1, -0.05) is 96.8 Å². The molecule has 2 nitrogen and oxygen atoms in total. The fraction of sp³-hybridized carbons (Fsp3) is 0.833. The lowest BCUT2D eigenvalue weighted by Crippen LogP contribution is -2.38. The predicted molar refractivity (Wildman–Crippen MR) is 113 cm³/mol. The van der Waals surface area contributed by atoms with Crippen LogP contribution in [0.1, 0.15) is 103 Å². The van der Waals surface area contributed by atoms with Crippen molar-refractivity contribution in [1.29, 1.82) is 0 Å². The highest BCUT2D eigenvalue weighted by molar-refractivity contribution is 5.04. The van der Waals surface area contributed by atoms with Gasteiger partial charge in [0.2, 0.25) is 0 Å². The lowest BCUT2D eigenvalue weighted by atomic mass is 9.99. The molecule has 2 atom stereocenters. The molecule has 1 heterocycles. The first-order valence-electron chi connectivity index (χ1n) is 11.4. The average Bonchev–Trinajstić information content (AvgIpc) is 2.67. The van der Waals surface area contributed by atoms with E-state index in [1.54, 1.807) is 0 Å². The van der Waals surface area contributed by atoms with E-state index in [4.69, 9.17) is 9.47 Å². The number of hydrogen-bond donors (Lipinski definition) is 0. The van der Waals surface area contributed by atoms with Crippen molar-refractivity contribution in [2.45, 2.75) is 115 Å². The van der Waals surface area contributed by atoms with Crippen molar-refractivity contribution < 1.29 is 9.47 Å². The van der Waals surface area contributed by atoms with Gasteiger partial charge in [0.15, 0.2) is 0 Å². The highest BCUT2D eigenvalue weighted by Gasteiger charge is 2.25. The van der Waals surface area contributed by atoms with Crippen LogP contribution >= 0.6 is 0 Å². The molecule has 1 saturated heterocycles. The van der Waals surface area contributed by atoms with Gasteiger partial charge in [0.1, 0.15) is 0 Å². The molecule has 0 saturated carbocycles. The molecule has 1 rings (SSSR count). The van der Waals surface area contributed by atoms with Crippen LogP contribution in [0, 0.1) is 26.2 Å². The van der Waals surface area contributed by atoms with Gasteiger partial charge >= 0.3 is 0 Å². The maximum Gasteiger partial charge on any atom is 0.0872 e. The van der Waals surface area contributed by atoms with Crippen LogP contribution in [0.5, 0.6) is 0 Å². The highest BCUT2D eigenvalue weighted by atomic mass is 16.6. The summed E-state index contributed by atoms with van der Waals surface area (Å²) in [7, 11) is 0. The van der Waals surface area contributed by atoms with Gasteiger partial charge < -0.3 is 9.47 Å². The zero-order valence-electron chi connectivity index (χ0n) is 17.4. The summed E-state index contributed by atoms with van der Waals surface area (Å²) in [6.07, 6.45) is 27.0. The molecule has 26 heavy (non-hydrogen) atoms. The van der Waals surface area contributed by atoms with Crippen LogP contribution in [0.4, 0.5) is 0 Å². The highest BCUT2D eigenvalue weighted by Crippen LogP contribution is 2.21. The summed E-state index contributed by atoms with van der Waals surface area (Å²) in [5, 5.41) is 0. The molecule has 1 fully saturated rings. The molecule has 0 aliphatic carbocycles. The second-order valence-electron chi connectivity index (χ2n) is 7.75. The smallest absolute Gasteiger partial charge is 0.0872 e. The Kier molecular flexibility index (Phi) is 16.9. The van der Waals surface area contributed by atoms with E-state index in [9.17, 15) is 0 Å². The van der Waals surface area contributed by atoms with Gasteiger partial charge in [-0.3, -0.25) is 0 Å². The molecule has 152 valence electrons. The van der Waals surface area contributed by atoms with Gasteiger partial charge in [0, 0.05) is 0 Å². The second kappa shape index (κ2) is 18.3. The Morgan fingerprint density at radius 1 is 0.731 bits per heavy atom. The zero-order chi connectivity index (χ0) is 18.7. The predicted octanol–water partition coefficient (Wildman–Crippen LogP) is 7.09. The summed E-state index contributed by atoms with van der Waals surface area (Å²) < 4.78 is 11.7. The van der Waals surface area contributed by atoms with Crippen molar-refractivity contribution in [3.63, 3.8) is 0 Å². The number of hydrogen-bond acceptors (Lipinski definition) is 2. The first-order chi connectivity index (χ1) is 12.9. The molecular weight excluding hydrogens is 320 g/mol. The van der Waals surface area contributed by atoms with Crippen molar-refractivity contribution in [3.05, 3.63) is 26.2 Å². The molecule has 0 bridgehead atoms. The van der Waals surface area contributed by atoms with Gasteiger partial charge in [-0.15, -0.1) is 0 Å². The summed E-state index contributed by atoms with van der Waals surface area (Å²) in [5.41, 5.74) is 0. The quantitative estimate of drug-likeness (QED) is 0.242. The Morgan fingerprint density at radius 3 is 1.77 bits per heavy atom. The molecule has 1 aliphatic rings.